The Hall–Kier alpha value is -5.14. The number of allylic oxidation sites excluding steroid dienone is 4. The first-order valence-corrected chi connectivity index (χ1v) is 14.4. The van der Waals surface area contributed by atoms with Gasteiger partial charge < -0.3 is 4.90 Å². The summed E-state index contributed by atoms with van der Waals surface area (Å²) in [7, 11) is 0. The maximum atomic E-state index is 3.92. The van der Waals surface area contributed by atoms with Gasteiger partial charge >= 0.3 is 0 Å². The fourth-order valence-electron chi connectivity index (χ4n) is 5.00. The smallest absolute Gasteiger partial charge is 0.0533 e. The molecule has 0 saturated heterocycles. The molecule has 0 spiro atoms. The minimum Gasteiger partial charge on any atom is -0.310 e. The van der Waals surface area contributed by atoms with Crippen LogP contribution < -0.4 is 4.90 Å². The highest BCUT2D eigenvalue weighted by Crippen LogP contribution is 2.36. The van der Waals surface area contributed by atoms with E-state index in [4.69, 9.17) is 0 Å². The van der Waals surface area contributed by atoms with E-state index in [1.54, 1.807) is 6.08 Å². The average Bonchev–Trinajstić information content (AvgIpc) is 3.03. The van der Waals surface area contributed by atoms with Crippen molar-refractivity contribution in [3.05, 3.63) is 192 Å². The van der Waals surface area contributed by atoms with Gasteiger partial charge in [0.05, 0.1) is 5.70 Å². The molecule has 5 aromatic rings. The van der Waals surface area contributed by atoms with E-state index in [0.717, 1.165) is 34.6 Å². The zero-order valence-corrected chi connectivity index (χ0v) is 24.5. The Labute approximate surface area is 251 Å². The molecule has 0 unspecified atom stereocenters. The predicted molar refractivity (Wildman–Crippen MR) is 183 cm³/mol. The summed E-state index contributed by atoms with van der Waals surface area (Å²) in [5, 5.41) is 0. The second kappa shape index (κ2) is 13.5. The van der Waals surface area contributed by atoms with Gasteiger partial charge in [0.2, 0.25) is 0 Å². The Morgan fingerprint density at radius 3 is 1.57 bits per heavy atom. The Balaban J connectivity index is 1.48. The summed E-state index contributed by atoms with van der Waals surface area (Å²) in [6, 6.07) is 43.7. The third kappa shape index (κ3) is 6.95. The van der Waals surface area contributed by atoms with E-state index in [2.05, 4.69) is 159 Å². The van der Waals surface area contributed by atoms with Crippen molar-refractivity contribution in [1.29, 1.82) is 0 Å². The van der Waals surface area contributed by atoms with Crippen LogP contribution in [0.3, 0.4) is 0 Å². The largest absolute Gasteiger partial charge is 0.310 e. The molecule has 1 nitrogen and oxygen atoms in total. The van der Waals surface area contributed by atoms with Crippen LogP contribution >= 0.6 is 0 Å². The molecule has 0 fully saturated rings. The van der Waals surface area contributed by atoms with E-state index in [-0.39, 0.29) is 0 Å². The maximum absolute atomic E-state index is 3.92. The molecule has 0 aromatic heterocycles. The normalized spacial score (nSPS) is 11.4. The third-order valence-corrected chi connectivity index (χ3v) is 7.42. The second-order valence-corrected chi connectivity index (χ2v) is 10.6. The highest BCUT2D eigenvalue weighted by molar-refractivity contribution is 5.89. The van der Waals surface area contributed by atoms with Crippen molar-refractivity contribution in [2.45, 2.75) is 20.3 Å². The van der Waals surface area contributed by atoms with E-state index < -0.39 is 0 Å². The number of aryl methyl sites for hydroxylation is 2. The first kappa shape index (κ1) is 28.4. The molecule has 42 heavy (non-hydrogen) atoms. The quantitative estimate of drug-likeness (QED) is 0.158. The lowest BCUT2D eigenvalue weighted by atomic mass is 9.99. The average molecular weight is 544 g/mol. The van der Waals surface area contributed by atoms with Crippen molar-refractivity contribution >= 4 is 23.1 Å². The fourth-order valence-corrected chi connectivity index (χ4v) is 5.00. The fraction of sp³-hybridized carbons (Fsp3) is 0.0732. The van der Waals surface area contributed by atoms with Gasteiger partial charge in [-0.25, -0.2) is 0 Å². The molecule has 206 valence electrons. The van der Waals surface area contributed by atoms with Crippen LogP contribution in [0.4, 0.5) is 11.4 Å². The molecule has 0 amide bonds. The van der Waals surface area contributed by atoms with Crippen molar-refractivity contribution in [2.75, 3.05) is 4.90 Å². The first-order chi connectivity index (χ1) is 20.5. The Morgan fingerprint density at radius 1 is 0.571 bits per heavy atom. The molecular formula is C41H37N. The number of benzene rings is 5. The molecule has 0 bridgehead atoms. The lowest BCUT2D eigenvalue weighted by Gasteiger charge is -2.28. The van der Waals surface area contributed by atoms with Crippen molar-refractivity contribution in [2.24, 2.45) is 0 Å². The number of hydrogen-bond donors (Lipinski definition) is 0. The van der Waals surface area contributed by atoms with Gasteiger partial charge in [-0.15, -0.1) is 0 Å². The number of rotatable bonds is 10. The molecular weight excluding hydrogens is 506 g/mol. The molecule has 1 heteroatoms. The van der Waals surface area contributed by atoms with E-state index in [9.17, 15) is 0 Å². The summed E-state index contributed by atoms with van der Waals surface area (Å²) in [6.45, 7) is 12.0. The highest BCUT2D eigenvalue weighted by Gasteiger charge is 2.17. The molecule has 0 aliphatic heterocycles. The SMILES string of the molecule is C=C/C=C\C=C(/c1ccc(C=C)cc1)N(c1ccc(C)cc1)c1ccc(-c2ccc(Cc3ccc(C)cc3)cc2)cc1. The first-order valence-electron chi connectivity index (χ1n) is 14.4. The van der Waals surface area contributed by atoms with Crippen molar-refractivity contribution < 1.29 is 0 Å². The lowest BCUT2D eigenvalue weighted by Crippen LogP contribution is -2.15. The Morgan fingerprint density at radius 2 is 1.05 bits per heavy atom. The van der Waals surface area contributed by atoms with Crippen LogP contribution in [0.2, 0.25) is 0 Å². The van der Waals surface area contributed by atoms with Gasteiger partial charge in [-0.05, 0) is 84.0 Å². The summed E-state index contributed by atoms with van der Waals surface area (Å²) in [5.41, 5.74) is 13.0. The predicted octanol–water partition coefficient (Wildman–Crippen LogP) is 11.1. The van der Waals surface area contributed by atoms with Crippen LogP contribution in [0.5, 0.6) is 0 Å². The van der Waals surface area contributed by atoms with Crippen molar-refractivity contribution in [3.8, 4) is 11.1 Å². The molecule has 0 atom stereocenters. The monoisotopic (exact) mass is 543 g/mol. The number of hydrogen-bond acceptors (Lipinski definition) is 1. The van der Waals surface area contributed by atoms with Gasteiger partial charge in [0.25, 0.3) is 0 Å². The standard InChI is InChI=1S/C41H37N/c1-5-7-8-9-41(38-22-16-33(6-2)17-23-38)42(39-26-12-32(4)13-27-39)40-28-24-37(25-29-40)36-20-18-35(19-21-36)30-34-14-10-31(3)11-15-34/h5-29H,1-2,30H2,3-4H3/b8-7-,41-9+. The zero-order chi connectivity index (χ0) is 29.3. The van der Waals surface area contributed by atoms with Crippen LogP contribution in [0.1, 0.15) is 33.4 Å². The Kier molecular flexibility index (Phi) is 9.11. The summed E-state index contributed by atoms with van der Waals surface area (Å²) >= 11 is 0. The van der Waals surface area contributed by atoms with Crippen molar-refractivity contribution in [3.63, 3.8) is 0 Å². The third-order valence-electron chi connectivity index (χ3n) is 7.42. The molecule has 0 heterocycles. The van der Waals surface area contributed by atoms with E-state index in [1.807, 2.05) is 18.2 Å². The summed E-state index contributed by atoms with van der Waals surface area (Å²) in [6.07, 6.45) is 10.7. The van der Waals surface area contributed by atoms with Crippen LogP contribution in [0, 0.1) is 13.8 Å². The molecule has 0 saturated carbocycles. The lowest BCUT2D eigenvalue weighted by molar-refractivity contribution is 1.19. The Bertz CT molecular complexity index is 1680. The van der Waals surface area contributed by atoms with Crippen LogP contribution in [-0.4, -0.2) is 0 Å². The minimum atomic E-state index is 0.939. The zero-order valence-electron chi connectivity index (χ0n) is 24.5. The molecule has 5 rings (SSSR count). The van der Waals surface area contributed by atoms with Gasteiger partial charge in [0, 0.05) is 11.4 Å². The summed E-state index contributed by atoms with van der Waals surface area (Å²) < 4.78 is 0. The van der Waals surface area contributed by atoms with E-state index >= 15 is 0 Å². The van der Waals surface area contributed by atoms with Crippen LogP contribution in [0.15, 0.2) is 159 Å². The highest BCUT2D eigenvalue weighted by atomic mass is 15.1. The van der Waals surface area contributed by atoms with Gasteiger partial charge in [0.15, 0.2) is 0 Å². The van der Waals surface area contributed by atoms with Gasteiger partial charge in [-0.3, -0.25) is 0 Å². The van der Waals surface area contributed by atoms with Crippen molar-refractivity contribution in [1.82, 2.24) is 0 Å². The maximum Gasteiger partial charge on any atom is 0.0533 e. The van der Waals surface area contributed by atoms with Gasteiger partial charge in [0.1, 0.15) is 0 Å². The van der Waals surface area contributed by atoms with E-state index in [1.165, 1.54) is 33.4 Å². The molecule has 0 N–H and O–H groups in total. The van der Waals surface area contributed by atoms with E-state index in [0.29, 0.717) is 0 Å². The van der Waals surface area contributed by atoms with Crippen LogP contribution in [0.25, 0.3) is 22.9 Å². The van der Waals surface area contributed by atoms with Gasteiger partial charge in [-0.2, -0.15) is 0 Å². The molecule has 5 aromatic carbocycles. The molecule has 0 aliphatic carbocycles. The van der Waals surface area contributed by atoms with Gasteiger partial charge in [-0.1, -0.05) is 146 Å². The van der Waals surface area contributed by atoms with Crippen LogP contribution in [-0.2, 0) is 6.42 Å². The second-order valence-electron chi connectivity index (χ2n) is 10.6. The summed E-state index contributed by atoms with van der Waals surface area (Å²) in [4.78, 5) is 2.31. The molecule has 0 radical (unpaired) electrons. The number of anilines is 2. The topological polar surface area (TPSA) is 3.24 Å². The number of nitrogens with zero attached hydrogens (tertiary/aromatic N) is 1. The minimum absolute atomic E-state index is 0.939. The molecule has 0 aliphatic rings. The summed E-state index contributed by atoms with van der Waals surface area (Å²) in [5.74, 6) is 0.